The van der Waals surface area contributed by atoms with Crippen LogP contribution in [0.1, 0.15) is 46.6 Å². The largest absolute Gasteiger partial charge is 0.383 e. The van der Waals surface area contributed by atoms with Crippen molar-refractivity contribution < 1.29 is 5.11 Å². The number of hydrogen-bond acceptors (Lipinski definition) is 3. The van der Waals surface area contributed by atoms with Gasteiger partial charge in [-0.3, -0.25) is 4.68 Å². The first kappa shape index (κ1) is 22.2. The van der Waals surface area contributed by atoms with Crippen molar-refractivity contribution in [3.8, 4) is 0 Å². The van der Waals surface area contributed by atoms with Crippen molar-refractivity contribution in [3.63, 3.8) is 0 Å². The van der Waals surface area contributed by atoms with Gasteiger partial charge in [0.15, 0.2) is 5.96 Å². The normalized spacial score (nSPS) is 14.8. The van der Waals surface area contributed by atoms with Crippen molar-refractivity contribution in [2.24, 2.45) is 17.5 Å². The molecule has 1 aromatic heterocycles. The predicted octanol–water partition coefficient (Wildman–Crippen LogP) is 2.24. The molecule has 134 valence electrons. The molecule has 0 saturated carbocycles. The van der Waals surface area contributed by atoms with Crippen LogP contribution in [0.15, 0.2) is 17.4 Å². The number of nitrogens with zero attached hydrogens (tertiary/aromatic N) is 3. The maximum absolute atomic E-state index is 10.6. The Morgan fingerprint density at radius 2 is 1.96 bits per heavy atom. The van der Waals surface area contributed by atoms with Gasteiger partial charge in [-0.1, -0.05) is 20.8 Å². The lowest BCUT2D eigenvalue weighted by Crippen LogP contribution is -2.40. The van der Waals surface area contributed by atoms with Gasteiger partial charge in [0.25, 0.3) is 0 Å². The van der Waals surface area contributed by atoms with E-state index in [0.717, 1.165) is 31.0 Å². The number of nitrogens with one attached hydrogen (secondary N) is 2. The van der Waals surface area contributed by atoms with E-state index in [4.69, 9.17) is 0 Å². The average Bonchev–Trinajstić information content (AvgIpc) is 2.82. The van der Waals surface area contributed by atoms with E-state index in [0.29, 0.717) is 0 Å². The molecule has 1 unspecified atom stereocenters. The molecule has 0 aliphatic rings. The summed E-state index contributed by atoms with van der Waals surface area (Å²) in [5, 5.41) is 21.2. The van der Waals surface area contributed by atoms with Gasteiger partial charge in [0.1, 0.15) is 5.60 Å². The predicted molar refractivity (Wildman–Crippen MR) is 106 cm³/mol. The smallest absolute Gasteiger partial charge is 0.191 e. The zero-order valence-electron chi connectivity index (χ0n) is 15.2. The number of aliphatic hydroxyl groups is 1. The number of rotatable bonds is 6. The van der Waals surface area contributed by atoms with Crippen molar-refractivity contribution in [2.45, 2.75) is 46.6 Å². The lowest BCUT2D eigenvalue weighted by atomic mass is 9.92. The Balaban J connectivity index is 0.00000484. The van der Waals surface area contributed by atoms with Crippen molar-refractivity contribution in [1.82, 2.24) is 20.4 Å². The van der Waals surface area contributed by atoms with Crippen LogP contribution in [0.4, 0.5) is 0 Å². The molecule has 23 heavy (non-hydrogen) atoms. The number of hydrogen-bond donors (Lipinski definition) is 3. The first-order chi connectivity index (χ1) is 10.1. The maximum Gasteiger partial charge on any atom is 0.191 e. The summed E-state index contributed by atoms with van der Waals surface area (Å²) >= 11 is 0. The molecule has 0 spiro atoms. The summed E-state index contributed by atoms with van der Waals surface area (Å²) in [6.45, 7) is 12.3. The van der Waals surface area contributed by atoms with Gasteiger partial charge in [0.2, 0.25) is 0 Å². The Kier molecular flexibility index (Phi) is 9.12. The Hall–Kier alpha value is -0.830. The maximum atomic E-state index is 10.6. The van der Waals surface area contributed by atoms with Gasteiger partial charge in [-0.05, 0) is 25.7 Å². The average molecular weight is 437 g/mol. The quantitative estimate of drug-likeness (QED) is 0.363. The Morgan fingerprint density at radius 1 is 1.30 bits per heavy atom. The second-order valence-electron chi connectivity index (χ2n) is 7.11. The fourth-order valence-corrected chi connectivity index (χ4v) is 1.92. The molecule has 0 aliphatic carbocycles. The van der Waals surface area contributed by atoms with Crippen LogP contribution in [0.25, 0.3) is 0 Å². The van der Waals surface area contributed by atoms with Crippen LogP contribution in [0.5, 0.6) is 0 Å². The third kappa shape index (κ3) is 8.55. The summed E-state index contributed by atoms with van der Waals surface area (Å²) in [7, 11) is 1.83. The van der Waals surface area contributed by atoms with Crippen LogP contribution in [-0.4, -0.2) is 40.5 Å². The summed E-state index contributed by atoms with van der Waals surface area (Å²) in [4.78, 5) is 4.50. The molecule has 0 aliphatic heterocycles. The van der Waals surface area contributed by atoms with E-state index < -0.39 is 5.60 Å². The van der Waals surface area contributed by atoms with Crippen LogP contribution in [0.3, 0.4) is 0 Å². The van der Waals surface area contributed by atoms with Crippen LogP contribution in [0.2, 0.25) is 0 Å². The van der Waals surface area contributed by atoms with Crippen LogP contribution >= 0.6 is 24.0 Å². The zero-order valence-corrected chi connectivity index (χ0v) is 17.5. The second kappa shape index (κ2) is 9.46. The van der Waals surface area contributed by atoms with Crippen LogP contribution in [0, 0.1) is 5.41 Å². The molecular formula is C16H32IN5O. The molecule has 0 saturated heterocycles. The Morgan fingerprint density at radius 3 is 2.43 bits per heavy atom. The van der Waals surface area contributed by atoms with E-state index in [1.807, 2.05) is 20.2 Å². The fourth-order valence-electron chi connectivity index (χ4n) is 1.92. The van der Waals surface area contributed by atoms with E-state index in [2.05, 4.69) is 41.5 Å². The summed E-state index contributed by atoms with van der Waals surface area (Å²) in [6, 6.07) is 0. The monoisotopic (exact) mass is 437 g/mol. The molecule has 0 radical (unpaired) electrons. The molecule has 1 rings (SSSR count). The van der Waals surface area contributed by atoms with Crippen molar-refractivity contribution in [3.05, 3.63) is 18.0 Å². The van der Waals surface area contributed by atoms with Gasteiger partial charge in [-0.2, -0.15) is 5.10 Å². The van der Waals surface area contributed by atoms with Gasteiger partial charge < -0.3 is 15.7 Å². The minimum atomic E-state index is -1.03. The molecule has 0 amide bonds. The second-order valence-corrected chi connectivity index (χ2v) is 7.11. The van der Waals surface area contributed by atoms with Gasteiger partial charge >= 0.3 is 0 Å². The number of aliphatic imine (C=N–C) groups is 1. The van der Waals surface area contributed by atoms with Crippen molar-refractivity contribution in [1.29, 1.82) is 0 Å². The summed E-state index contributed by atoms with van der Waals surface area (Å²) in [5.41, 5.74) is 0.0240. The first-order valence-corrected chi connectivity index (χ1v) is 7.88. The molecule has 0 bridgehead atoms. The highest BCUT2D eigenvalue weighted by Crippen LogP contribution is 2.20. The van der Waals surface area contributed by atoms with E-state index in [1.54, 1.807) is 17.8 Å². The molecule has 6 nitrogen and oxygen atoms in total. The number of guanidine groups is 1. The molecule has 7 heteroatoms. The summed E-state index contributed by atoms with van der Waals surface area (Å²) in [6.07, 6.45) is 4.54. The zero-order chi connectivity index (χ0) is 16.8. The number of halogens is 1. The minimum absolute atomic E-state index is 0. The summed E-state index contributed by atoms with van der Waals surface area (Å²) in [5.74, 6) is 0.732. The van der Waals surface area contributed by atoms with Crippen LogP contribution in [-0.2, 0) is 12.6 Å². The molecular weight excluding hydrogens is 405 g/mol. The van der Waals surface area contributed by atoms with Gasteiger partial charge in [0, 0.05) is 31.9 Å². The SMILES string of the molecule is CCNC(=NCC(C)(O)c1cnn(C)c1)NCCC(C)(C)C.I. The minimum Gasteiger partial charge on any atom is -0.383 e. The highest BCUT2D eigenvalue weighted by atomic mass is 127. The molecule has 1 atom stereocenters. The molecule has 3 N–H and O–H groups in total. The lowest BCUT2D eigenvalue weighted by Gasteiger charge is -2.22. The lowest BCUT2D eigenvalue weighted by molar-refractivity contribution is 0.0671. The van der Waals surface area contributed by atoms with Crippen molar-refractivity contribution in [2.75, 3.05) is 19.6 Å². The van der Waals surface area contributed by atoms with Crippen molar-refractivity contribution >= 4 is 29.9 Å². The molecule has 1 aromatic rings. The van der Waals surface area contributed by atoms with Gasteiger partial charge in [-0.25, -0.2) is 4.99 Å². The van der Waals surface area contributed by atoms with E-state index in [-0.39, 0.29) is 35.9 Å². The van der Waals surface area contributed by atoms with E-state index in [1.165, 1.54) is 0 Å². The fraction of sp³-hybridized carbons (Fsp3) is 0.750. The number of aromatic nitrogens is 2. The Bertz CT molecular complexity index is 491. The first-order valence-electron chi connectivity index (χ1n) is 7.88. The highest BCUT2D eigenvalue weighted by molar-refractivity contribution is 14.0. The van der Waals surface area contributed by atoms with E-state index >= 15 is 0 Å². The standard InChI is InChI=1S/C16H31N5O.HI/c1-7-17-14(18-9-8-15(2,3)4)19-12-16(5,22)13-10-20-21(6)11-13;/h10-11,22H,7-9,12H2,1-6H3,(H2,17,18,19);1H. The summed E-state index contributed by atoms with van der Waals surface area (Å²) < 4.78 is 1.68. The molecule has 0 fully saturated rings. The van der Waals surface area contributed by atoms with Gasteiger partial charge in [-0.15, -0.1) is 24.0 Å². The number of aryl methyl sites for hydroxylation is 1. The van der Waals surface area contributed by atoms with Crippen LogP contribution < -0.4 is 10.6 Å². The van der Waals surface area contributed by atoms with E-state index in [9.17, 15) is 5.11 Å². The van der Waals surface area contributed by atoms with Gasteiger partial charge in [0.05, 0.1) is 12.7 Å². The molecule has 1 heterocycles. The Labute approximate surface area is 157 Å². The third-order valence-corrected chi connectivity index (χ3v) is 3.38. The topological polar surface area (TPSA) is 74.5 Å². The molecule has 0 aromatic carbocycles. The third-order valence-electron chi connectivity index (χ3n) is 3.38. The highest BCUT2D eigenvalue weighted by Gasteiger charge is 2.24.